The minimum Gasteiger partial charge on any atom is -0.466 e. The van der Waals surface area contributed by atoms with E-state index in [0.717, 1.165) is 32.1 Å². The van der Waals surface area contributed by atoms with Gasteiger partial charge in [-0.3, -0.25) is 4.79 Å². The number of allylic oxidation sites excluding steroid dienone is 1. The lowest BCUT2D eigenvalue weighted by Gasteiger charge is -2.31. The van der Waals surface area contributed by atoms with Gasteiger partial charge in [-0.2, -0.15) is 0 Å². The highest BCUT2D eigenvalue weighted by Crippen LogP contribution is 2.47. The predicted molar refractivity (Wildman–Crippen MR) is 108 cm³/mol. The first-order valence-corrected chi connectivity index (χ1v) is 10.0. The lowest BCUT2D eigenvalue weighted by Crippen LogP contribution is -2.35. The molecule has 1 unspecified atom stereocenters. The molecule has 0 aromatic heterocycles. The van der Waals surface area contributed by atoms with Gasteiger partial charge in [-0.1, -0.05) is 43.5 Å². The molecule has 0 radical (unpaired) electrons. The van der Waals surface area contributed by atoms with Gasteiger partial charge in [0.05, 0.1) is 20.3 Å². The SMILES string of the molecule is COC(=O)C1=C(C(=O)OC)C2(C=CC(=O)c3ccccc32)OC1=NC1CCCCC1. The standard InChI is InChI=1S/C23H23NO6/c1-28-21(26)18-19(22(27)29-2)23(30-20(18)24-14-8-4-3-5-9-14)13-12-17(25)15-10-6-7-11-16(15)23/h6-7,10-14H,3-5,8-9H2,1-2H3. The van der Waals surface area contributed by atoms with E-state index in [4.69, 9.17) is 19.2 Å². The lowest BCUT2D eigenvalue weighted by atomic mass is 9.78. The second kappa shape index (κ2) is 7.89. The number of ether oxygens (including phenoxy) is 3. The molecule has 1 spiro atoms. The summed E-state index contributed by atoms with van der Waals surface area (Å²) in [5.74, 6) is -1.62. The zero-order valence-electron chi connectivity index (χ0n) is 17.0. The van der Waals surface area contributed by atoms with E-state index < -0.39 is 17.5 Å². The van der Waals surface area contributed by atoms with E-state index in [2.05, 4.69) is 0 Å². The lowest BCUT2D eigenvalue weighted by molar-refractivity contribution is -0.139. The molecule has 1 saturated carbocycles. The fourth-order valence-electron chi connectivity index (χ4n) is 4.36. The predicted octanol–water partition coefficient (Wildman–Crippen LogP) is 3.04. The van der Waals surface area contributed by atoms with Crippen LogP contribution in [0.3, 0.4) is 0 Å². The Bertz CT molecular complexity index is 999. The number of carbonyl (C=O) groups is 3. The molecular formula is C23H23NO6. The first-order valence-electron chi connectivity index (χ1n) is 10.0. The minimum absolute atomic E-state index is 0.00750. The van der Waals surface area contributed by atoms with Gasteiger partial charge in [0, 0.05) is 11.1 Å². The number of esters is 2. The Morgan fingerprint density at radius 2 is 1.77 bits per heavy atom. The molecule has 1 atom stereocenters. The van der Waals surface area contributed by atoms with Gasteiger partial charge in [-0.25, -0.2) is 14.6 Å². The summed E-state index contributed by atoms with van der Waals surface area (Å²) in [6.07, 6.45) is 7.85. The summed E-state index contributed by atoms with van der Waals surface area (Å²) in [7, 11) is 2.47. The van der Waals surface area contributed by atoms with Crippen molar-refractivity contribution < 1.29 is 28.6 Å². The van der Waals surface area contributed by atoms with Crippen molar-refractivity contribution in [3.05, 3.63) is 58.7 Å². The van der Waals surface area contributed by atoms with Crippen LogP contribution in [0.5, 0.6) is 0 Å². The van der Waals surface area contributed by atoms with E-state index in [1.165, 1.54) is 26.4 Å². The third-order valence-electron chi connectivity index (χ3n) is 5.81. The zero-order chi connectivity index (χ0) is 21.3. The highest BCUT2D eigenvalue weighted by Gasteiger charge is 2.55. The van der Waals surface area contributed by atoms with Crippen molar-refractivity contribution in [3.8, 4) is 0 Å². The number of ketones is 1. The normalized spacial score (nSPS) is 24.7. The Labute approximate surface area is 174 Å². The molecule has 7 heteroatoms. The van der Waals surface area contributed by atoms with Crippen LogP contribution in [0.2, 0.25) is 0 Å². The van der Waals surface area contributed by atoms with Gasteiger partial charge >= 0.3 is 11.9 Å². The summed E-state index contributed by atoms with van der Waals surface area (Å²) in [6, 6.07) is 6.84. The molecule has 2 aliphatic carbocycles. The Morgan fingerprint density at radius 1 is 1.07 bits per heavy atom. The van der Waals surface area contributed by atoms with Crippen LogP contribution in [0.25, 0.3) is 0 Å². The summed E-state index contributed by atoms with van der Waals surface area (Å²) in [6.45, 7) is 0. The molecule has 0 saturated heterocycles. The molecule has 4 rings (SSSR count). The van der Waals surface area contributed by atoms with Crippen LogP contribution < -0.4 is 0 Å². The van der Waals surface area contributed by atoms with Gasteiger partial charge in [-0.15, -0.1) is 0 Å². The van der Waals surface area contributed by atoms with Gasteiger partial charge < -0.3 is 14.2 Å². The fourth-order valence-corrected chi connectivity index (χ4v) is 4.36. The molecule has 7 nitrogen and oxygen atoms in total. The summed E-state index contributed by atoms with van der Waals surface area (Å²) >= 11 is 0. The largest absolute Gasteiger partial charge is 0.466 e. The molecule has 30 heavy (non-hydrogen) atoms. The molecule has 1 aliphatic heterocycles. The van der Waals surface area contributed by atoms with E-state index in [1.807, 2.05) is 0 Å². The van der Waals surface area contributed by atoms with Crippen molar-refractivity contribution in [3.63, 3.8) is 0 Å². The summed E-state index contributed by atoms with van der Waals surface area (Å²) in [4.78, 5) is 42.8. The topological polar surface area (TPSA) is 91.3 Å². The van der Waals surface area contributed by atoms with E-state index in [1.54, 1.807) is 24.3 Å². The van der Waals surface area contributed by atoms with E-state index >= 15 is 0 Å². The van der Waals surface area contributed by atoms with Crippen molar-refractivity contribution in [2.24, 2.45) is 4.99 Å². The zero-order valence-corrected chi connectivity index (χ0v) is 17.0. The average molecular weight is 409 g/mol. The second-order valence-electron chi connectivity index (χ2n) is 7.54. The van der Waals surface area contributed by atoms with Crippen molar-refractivity contribution in [2.45, 2.75) is 43.7 Å². The first kappa shape index (κ1) is 20.1. The molecule has 1 fully saturated rings. The number of fused-ring (bicyclic) bond motifs is 2. The molecule has 1 aromatic carbocycles. The van der Waals surface area contributed by atoms with Gasteiger partial charge in [0.1, 0.15) is 11.1 Å². The van der Waals surface area contributed by atoms with Gasteiger partial charge in [-0.05, 0) is 25.0 Å². The van der Waals surface area contributed by atoms with Crippen LogP contribution in [0.4, 0.5) is 0 Å². The van der Waals surface area contributed by atoms with Gasteiger partial charge in [0.15, 0.2) is 11.4 Å². The molecule has 156 valence electrons. The molecule has 3 aliphatic rings. The molecular weight excluding hydrogens is 386 g/mol. The number of carbonyl (C=O) groups excluding carboxylic acids is 3. The maximum absolute atomic E-state index is 12.9. The van der Waals surface area contributed by atoms with E-state index in [-0.39, 0.29) is 28.9 Å². The number of nitrogens with zero attached hydrogens (tertiary/aromatic N) is 1. The second-order valence-corrected chi connectivity index (χ2v) is 7.54. The third kappa shape index (κ3) is 3.14. The number of hydrogen-bond acceptors (Lipinski definition) is 7. The van der Waals surface area contributed by atoms with Gasteiger partial charge in [0.25, 0.3) is 0 Å². The smallest absolute Gasteiger partial charge is 0.344 e. The number of hydrogen-bond donors (Lipinski definition) is 0. The monoisotopic (exact) mass is 409 g/mol. The molecule has 1 aromatic rings. The maximum Gasteiger partial charge on any atom is 0.344 e. The van der Waals surface area contributed by atoms with Crippen molar-refractivity contribution in [1.82, 2.24) is 0 Å². The van der Waals surface area contributed by atoms with Crippen LogP contribution in [0.15, 0.2) is 52.6 Å². The number of rotatable bonds is 3. The Morgan fingerprint density at radius 3 is 2.47 bits per heavy atom. The minimum atomic E-state index is -1.48. The summed E-state index contributed by atoms with van der Waals surface area (Å²) < 4.78 is 16.2. The highest BCUT2D eigenvalue weighted by molar-refractivity contribution is 6.24. The molecule has 0 bridgehead atoms. The molecule has 1 heterocycles. The van der Waals surface area contributed by atoms with Crippen molar-refractivity contribution in [1.29, 1.82) is 0 Å². The number of methoxy groups -OCH3 is 2. The summed E-state index contributed by atoms with van der Waals surface area (Å²) in [5, 5.41) is 0. The van der Waals surface area contributed by atoms with E-state index in [0.29, 0.717) is 11.1 Å². The van der Waals surface area contributed by atoms with Crippen LogP contribution in [0.1, 0.15) is 48.0 Å². The number of aliphatic imine (C=N–C) groups is 1. The fraction of sp³-hybridized carbons (Fsp3) is 0.391. The Hall–Kier alpha value is -3.22. The third-order valence-corrected chi connectivity index (χ3v) is 5.81. The Kier molecular flexibility index (Phi) is 5.28. The number of benzene rings is 1. The van der Waals surface area contributed by atoms with Crippen LogP contribution in [0, 0.1) is 0 Å². The van der Waals surface area contributed by atoms with Crippen molar-refractivity contribution in [2.75, 3.05) is 14.2 Å². The molecule has 0 N–H and O–H groups in total. The maximum atomic E-state index is 12.9. The van der Waals surface area contributed by atoms with E-state index in [9.17, 15) is 14.4 Å². The van der Waals surface area contributed by atoms with Crippen LogP contribution in [-0.4, -0.2) is 43.9 Å². The molecule has 0 amide bonds. The van der Waals surface area contributed by atoms with Gasteiger partial charge in [0.2, 0.25) is 5.90 Å². The Balaban J connectivity index is 1.96. The summed E-state index contributed by atoms with van der Waals surface area (Å²) in [5.41, 5.74) is -0.696. The van der Waals surface area contributed by atoms with Crippen LogP contribution >= 0.6 is 0 Å². The first-order chi connectivity index (χ1) is 14.5. The average Bonchev–Trinajstić information content (AvgIpc) is 3.10. The van der Waals surface area contributed by atoms with Crippen molar-refractivity contribution >= 4 is 23.6 Å². The quantitative estimate of drug-likeness (QED) is 0.713. The van der Waals surface area contributed by atoms with Crippen LogP contribution in [-0.2, 0) is 29.4 Å². The highest BCUT2D eigenvalue weighted by atomic mass is 16.6.